The first-order chi connectivity index (χ1) is 11.7. The van der Waals surface area contributed by atoms with Crippen LogP contribution in [-0.2, 0) is 6.54 Å². The predicted molar refractivity (Wildman–Crippen MR) is 97.2 cm³/mol. The van der Waals surface area contributed by atoms with E-state index < -0.39 is 0 Å². The zero-order valence-electron chi connectivity index (χ0n) is 14.1. The number of anilines is 2. The lowest BCUT2D eigenvalue weighted by Gasteiger charge is -2.29. The molecule has 0 saturated carbocycles. The van der Waals surface area contributed by atoms with E-state index in [1.54, 1.807) is 18.1 Å². The van der Waals surface area contributed by atoms with Crippen LogP contribution in [0.4, 0.5) is 16.2 Å². The fourth-order valence-corrected chi connectivity index (χ4v) is 2.96. The summed E-state index contributed by atoms with van der Waals surface area (Å²) in [5.41, 5.74) is 2.88. The van der Waals surface area contributed by atoms with Gasteiger partial charge in [0.15, 0.2) is 0 Å². The van der Waals surface area contributed by atoms with Gasteiger partial charge < -0.3 is 15.1 Å². The van der Waals surface area contributed by atoms with Crippen molar-refractivity contribution < 1.29 is 4.79 Å². The van der Waals surface area contributed by atoms with Crippen LogP contribution in [0.1, 0.15) is 25.0 Å². The molecule has 1 aliphatic rings. The number of nitrogens with zero attached hydrogens (tertiary/aromatic N) is 3. The summed E-state index contributed by atoms with van der Waals surface area (Å²) < 4.78 is 0. The maximum absolute atomic E-state index is 12.4. The van der Waals surface area contributed by atoms with Gasteiger partial charge in [-0.2, -0.15) is 0 Å². The first-order valence-corrected chi connectivity index (χ1v) is 8.49. The average Bonchev–Trinajstić information content (AvgIpc) is 2.63. The Balaban J connectivity index is 1.61. The Morgan fingerprint density at radius 1 is 1.17 bits per heavy atom. The van der Waals surface area contributed by atoms with Crippen LogP contribution in [0.3, 0.4) is 0 Å². The summed E-state index contributed by atoms with van der Waals surface area (Å²) >= 11 is 0. The average molecular weight is 324 g/mol. The van der Waals surface area contributed by atoms with E-state index in [1.165, 1.54) is 24.9 Å². The van der Waals surface area contributed by atoms with Gasteiger partial charge in [0.1, 0.15) is 0 Å². The van der Waals surface area contributed by atoms with Crippen molar-refractivity contribution in [1.82, 2.24) is 9.88 Å². The highest BCUT2D eigenvalue weighted by molar-refractivity contribution is 5.89. The molecule has 2 amide bonds. The Morgan fingerprint density at radius 2 is 2.00 bits per heavy atom. The molecule has 1 aromatic carbocycles. The number of pyridine rings is 1. The molecule has 0 unspecified atom stereocenters. The van der Waals surface area contributed by atoms with Crippen LogP contribution in [-0.4, -0.2) is 36.1 Å². The topological polar surface area (TPSA) is 48.5 Å². The van der Waals surface area contributed by atoms with Crippen LogP contribution in [0.5, 0.6) is 0 Å². The highest BCUT2D eigenvalue weighted by Crippen LogP contribution is 2.23. The van der Waals surface area contributed by atoms with Gasteiger partial charge in [-0.25, -0.2) is 4.79 Å². The summed E-state index contributed by atoms with van der Waals surface area (Å²) in [6.45, 7) is 2.67. The number of benzene rings is 1. The van der Waals surface area contributed by atoms with Crippen LogP contribution in [0.15, 0.2) is 48.7 Å². The van der Waals surface area contributed by atoms with Gasteiger partial charge in [-0.3, -0.25) is 4.98 Å². The number of hydrogen-bond donors (Lipinski definition) is 1. The molecule has 0 radical (unpaired) electrons. The molecule has 1 aliphatic heterocycles. The van der Waals surface area contributed by atoms with Gasteiger partial charge in [0.2, 0.25) is 0 Å². The maximum atomic E-state index is 12.4. The van der Waals surface area contributed by atoms with Crippen LogP contribution >= 0.6 is 0 Å². The predicted octanol–water partition coefficient (Wildman–Crippen LogP) is 3.74. The summed E-state index contributed by atoms with van der Waals surface area (Å²) in [6.07, 6.45) is 5.53. The summed E-state index contributed by atoms with van der Waals surface area (Å²) in [5.74, 6) is 0. The molecule has 3 rings (SSSR count). The van der Waals surface area contributed by atoms with Crippen LogP contribution in [0, 0.1) is 0 Å². The molecule has 5 nitrogen and oxygen atoms in total. The van der Waals surface area contributed by atoms with Gasteiger partial charge >= 0.3 is 6.03 Å². The van der Waals surface area contributed by atoms with Crippen molar-refractivity contribution in [1.29, 1.82) is 0 Å². The summed E-state index contributed by atoms with van der Waals surface area (Å²) in [6, 6.07) is 13.7. The van der Waals surface area contributed by atoms with Gasteiger partial charge in [-0.15, -0.1) is 0 Å². The molecule has 1 aromatic heterocycles. The molecule has 1 fully saturated rings. The van der Waals surface area contributed by atoms with E-state index in [1.807, 2.05) is 30.3 Å². The zero-order valence-corrected chi connectivity index (χ0v) is 14.1. The summed E-state index contributed by atoms with van der Waals surface area (Å²) in [5, 5.41) is 2.97. The summed E-state index contributed by atoms with van der Waals surface area (Å²) in [7, 11) is 1.78. The fraction of sp³-hybridized carbons (Fsp3) is 0.368. The third-order valence-electron chi connectivity index (χ3n) is 4.29. The monoisotopic (exact) mass is 324 g/mol. The molecule has 2 heterocycles. The molecule has 126 valence electrons. The molecule has 0 atom stereocenters. The van der Waals surface area contributed by atoms with E-state index in [0.717, 1.165) is 24.5 Å². The smallest absolute Gasteiger partial charge is 0.321 e. The van der Waals surface area contributed by atoms with E-state index in [4.69, 9.17) is 0 Å². The third-order valence-corrected chi connectivity index (χ3v) is 4.29. The lowest BCUT2D eigenvalue weighted by molar-refractivity contribution is 0.220. The van der Waals surface area contributed by atoms with Crippen molar-refractivity contribution in [3.05, 3.63) is 54.4 Å². The van der Waals surface area contributed by atoms with E-state index in [2.05, 4.69) is 27.3 Å². The normalized spacial score (nSPS) is 14.3. The van der Waals surface area contributed by atoms with Crippen molar-refractivity contribution in [3.63, 3.8) is 0 Å². The van der Waals surface area contributed by atoms with Gasteiger partial charge in [-0.05, 0) is 49.6 Å². The number of nitrogens with one attached hydrogen (secondary N) is 1. The number of hydrogen-bond acceptors (Lipinski definition) is 3. The number of rotatable bonds is 4. The van der Waals surface area contributed by atoms with Crippen molar-refractivity contribution in [3.8, 4) is 0 Å². The maximum Gasteiger partial charge on any atom is 0.321 e. The molecule has 2 aromatic rings. The second kappa shape index (κ2) is 7.81. The van der Waals surface area contributed by atoms with Crippen molar-refractivity contribution >= 4 is 17.4 Å². The number of carbonyl (C=O) groups excluding carboxylic acids is 1. The molecule has 24 heavy (non-hydrogen) atoms. The van der Waals surface area contributed by atoms with Gasteiger partial charge in [-0.1, -0.05) is 12.1 Å². The Bertz CT molecular complexity index is 668. The molecule has 0 spiro atoms. The Kier molecular flexibility index (Phi) is 5.31. The SMILES string of the molecule is CN(Cc1ccccn1)C(=O)Nc1cccc(N2CCCCC2)c1. The molecule has 1 saturated heterocycles. The molecule has 0 aliphatic carbocycles. The van der Waals surface area contributed by atoms with Crippen LogP contribution in [0.25, 0.3) is 0 Å². The minimum Gasteiger partial charge on any atom is -0.371 e. The standard InChI is InChI=1S/C19H24N4O/c1-22(15-17-8-3-4-11-20-17)19(24)21-16-9-7-10-18(14-16)23-12-5-2-6-13-23/h3-4,7-11,14H,2,5-6,12-13,15H2,1H3,(H,21,24). The van der Waals surface area contributed by atoms with Gasteiger partial charge in [0, 0.05) is 37.7 Å². The zero-order chi connectivity index (χ0) is 16.8. The van der Waals surface area contributed by atoms with Crippen molar-refractivity contribution in [2.45, 2.75) is 25.8 Å². The van der Waals surface area contributed by atoms with Crippen molar-refractivity contribution in [2.75, 3.05) is 30.4 Å². The van der Waals surface area contributed by atoms with E-state index in [9.17, 15) is 4.79 Å². The van der Waals surface area contributed by atoms with E-state index in [0.29, 0.717) is 6.54 Å². The minimum atomic E-state index is -0.128. The second-order valence-corrected chi connectivity index (χ2v) is 6.21. The molecular weight excluding hydrogens is 300 g/mol. The number of urea groups is 1. The quantitative estimate of drug-likeness (QED) is 0.932. The lowest BCUT2D eigenvalue weighted by Crippen LogP contribution is -2.31. The minimum absolute atomic E-state index is 0.128. The van der Waals surface area contributed by atoms with Crippen LogP contribution < -0.4 is 10.2 Å². The van der Waals surface area contributed by atoms with E-state index in [-0.39, 0.29) is 6.03 Å². The number of amides is 2. The summed E-state index contributed by atoms with van der Waals surface area (Å²) in [4.78, 5) is 20.7. The van der Waals surface area contributed by atoms with E-state index >= 15 is 0 Å². The van der Waals surface area contributed by atoms with Gasteiger partial charge in [0.05, 0.1) is 12.2 Å². The molecular formula is C19H24N4O. The fourth-order valence-electron chi connectivity index (χ4n) is 2.96. The first kappa shape index (κ1) is 16.3. The molecule has 1 N–H and O–H groups in total. The number of carbonyl (C=O) groups is 1. The highest BCUT2D eigenvalue weighted by atomic mass is 16.2. The number of piperidine rings is 1. The Morgan fingerprint density at radius 3 is 2.75 bits per heavy atom. The second-order valence-electron chi connectivity index (χ2n) is 6.21. The lowest BCUT2D eigenvalue weighted by atomic mass is 10.1. The highest BCUT2D eigenvalue weighted by Gasteiger charge is 2.13. The molecule has 5 heteroatoms. The first-order valence-electron chi connectivity index (χ1n) is 8.49. The van der Waals surface area contributed by atoms with Crippen LogP contribution in [0.2, 0.25) is 0 Å². The van der Waals surface area contributed by atoms with Crippen molar-refractivity contribution in [2.24, 2.45) is 0 Å². The number of aromatic nitrogens is 1. The molecule has 0 bridgehead atoms. The third kappa shape index (κ3) is 4.25. The Labute approximate surface area is 143 Å². The van der Waals surface area contributed by atoms with Gasteiger partial charge in [0.25, 0.3) is 0 Å². The largest absolute Gasteiger partial charge is 0.371 e. The Hall–Kier alpha value is -2.56.